The van der Waals surface area contributed by atoms with Crippen LogP contribution in [0.5, 0.6) is 0 Å². The molecule has 98 valence electrons. The fourth-order valence-electron chi connectivity index (χ4n) is 2.01. The normalized spacial score (nSPS) is 10.4. The second kappa shape index (κ2) is 5.69. The van der Waals surface area contributed by atoms with E-state index in [-0.39, 0.29) is 0 Å². The number of hydrogen-bond acceptors (Lipinski definition) is 2. The lowest BCUT2D eigenvalue weighted by atomic mass is 10.1. The minimum absolute atomic E-state index is 0.577. The topological polar surface area (TPSA) is 28.7 Å². The Morgan fingerprint density at radius 1 is 0.950 bits per heavy atom. The number of aromatic amines is 1. The first-order valence-corrected chi connectivity index (χ1v) is 7.36. The van der Waals surface area contributed by atoms with Crippen LogP contribution in [0.3, 0.4) is 0 Å². The Morgan fingerprint density at radius 2 is 1.65 bits per heavy atom. The molecule has 0 amide bonds. The Bertz CT molecular complexity index is 797. The Balaban J connectivity index is 2.18. The van der Waals surface area contributed by atoms with Crippen LogP contribution >= 0.6 is 28.1 Å². The Hall–Kier alpha value is -1.78. The third-order valence-corrected chi connectivity index (χ3v) is 3.86. The van der Waals surface area contributed by atoms with Crippen molar-refractivity contribution in [1.82, 2.24) is 9.97 Å². The van der Waals surface area contributed by atoms with Gasteiger partial charge < -0.3 is 4.98 Å². The number of H-pyrrole nitrogens is 1. The molecule has 0 fully saturated rings. The Labute approximate surface area is 130 Å². The van der Waals surface area contributed by atoms with Gasteiger partial charge in [0.2, 0.25) is 0 Å². The summed E-state index contributed by atoms with van der Waals surface area (Å²) in [4.78, 5) is 7.77. The molecule has 1 heterocycles. The zero-order valence-electron chi connectivity index (χ0n) is 10.5. The van der Waals surface area contributed by atoms with Gasteiger partial charge in [-0.05, 0) is 17.7 Å². The van der Waals surface area contributed by atoms with Crippen LogP contribution in [-0.2, 0) is 0 Å². The summed E-state index contributed by atoms with van der Waals surface area (Å²) in [6, 6.07) is 19.9. The van der Waals surface area contributed by atoms with Gasteiger partial charge in [0.1, 0.15) is 10.5 Å². The van der Waals surface area contributed by atoms with Crippen molar-refractivity contribution < 1.29 is 0 Å². The van der Waals surface area contributed by atoms with E-state index in [0.29, 0.717) is 4.64 Å². The minimum atomic E-state index is 0.577. The van der Waals surface area contributed by atoms with Crippen molar-refractivity contribution in [2.45, 2.75) is 0 Å². The molecule has 0 saturated carbocycles. The Morgan fingerprint density at radius 3 is 2.40 bits per heavy atom. The fraction of sp³-hybridized carbons (Fsp3) is 0. The molecule has 2 nitrogen and oxygen atoms in total. The number of benzene rings is 2. The molecule has 4 heteroatoms. The fourth-order valence-corrected chi connectivity index (χ4v) is 2.69. The van der Waals surface area contributed by atoms with Gasteiger partial charge in [-0.25, -0.2) is 4.98 Å². The van der Waals surface area contributed by atoms with Gasteiger partial charge in [-0.15, -0.1) is 0 Å². The smallest absolute Gasteiger partial charge is 0.140 e. The molecule has 1 aromatic heterocycles. The summed E-state index contributed by atoms with van der Waals surface area (Å²) >= 11 is 8.83. The highest BCUT2D eigenvalue weighted by molar-refractivity contribution is 9.10. The maximum Gasteiger partial charge on any atom is 0.140 e. The maximum absolute atomic E-state index is 5.28. The van der Waals surface area contributed by atoms with Gasteiger partial charge in [-0.2, -0.15) is 0 Å². The maximum atomic E-state index is 5.28. The molecule has 3 aromatic rings. The van der Waals surface area contributed by atoms with Gasteiger partial charge in [0.05, 0.1) is 0 Å². The van der Waals surface area contributed by atoms with Gasteiger partial charge in [0.25, 0.3) is 0 Å². The van der Waals surface area contributed by atoms with Gasteiger partial charge in [-0.1, -0.05) is 76.7 Å². The van der Waals surface area contributed by atoms with Gasteiger partial charge in [0.15, 0.2) is 0 Å². The van der Waals surface area contributed by atoms with Gasteiger partial charge in [-0.3, -0.25) is 0 Å². The van der Waals surface area contributed by atoms with Crippen LogP contribution in [0.4, 0.5) is 0 Å². The summed E-state index contributed by atoms with van der Waals surface area (Å²) in [5.74, 6) is 0.767. The van der Waals surface area contributed by atoms with Gasteiger partial charge >= 0.3 is 0 Å². The van der Waals surface area contributed by atoms with Crippen LogP contribution in [0.25, 0.3) is 22.6 Å². The number of aromatic nitrogens is 2. The van der Waals surface area contributed by atoms with E-state index in [1.807, 2.05) is 60.7 Å². The highest BCUT2D eigenvalue weighted by atomic mass is 79.9. The van der Waals surface area contributed by atoms with E-state index in [0.717, 1.165) is 27.1 Å². The molecule has 1 N–H and O–H groups in total. The van der Waals surface area contributed by atoms with Crippen molar-refractivity contribution in [2.75, 3.05) is 0 Å². The van der Waals surface area contributed by atoms with Crippen molar-refractivity contribution in [1.29, 1.82) is 0 Å². The van der Waals surface area contributed by atoms with E-state index in [1.54, 1.807) is 0 Å². The first-order chi connectivity index (χ1) is 9.74. The van der Waals surface area contributed by atoms with Crippen molar-refractivity contribution in [2.24, 2.45) is 0 Å². The van der Waals surface area contributed by atoms with Crippen LogP contribution in [-0.4, -0.2) is 9.97 Å². The van der Waals surface area contributed by atoms with E-state index in [2.05, 4.69) is 25.9 Å². The molecule has 0 bridgehead atoms. The van der Waals surface area contributed by atoms with E-state index < -0.39 is 0 Å². The molecule has 0 spiro atoms. The molecule has 2 aromatic carbocycles. The van der Waals surface area contributed by atoms with Crippen LogP contribution in [0.15, 0.2) is 65.1 Å². The average Bonchev–Trinajstić information content (AvgIpc) is 2.48. The van der Waals surface area contributed by atoms with Crippen molar-refractivity contribution in [3.05, 3.63) is 69.8 Å². The van der Waals surface area contributed by atoms with E-state index in [1.165, 1.54) is 0 Å². The predicted molar refractivity (Wildman–Crippen MR) is 88.0 cm³/mol. The van der Waals surface area contributed by atoms with Crippen LogP contribution in [0.1, 0.15) is 0 Å². The van der Waals surface area contributed by atoms with Crippen molar-refractivity contribution >= 4 is 28.1 Å². The molecule has 3 rings (SSSR count). The Kier molecular flexibility index (Phi) is 3.76. The summed E-state index contributed by atoms with van der Waals surface area (Å²) < 4.78 is 1.57. The monoisotopic (exact) mass is 342 g/mol. The number of hydrogen-bond donors (Lipinski definition) is 1. The summed E-state index contributed by atoms with van der Waals surface area (Å²) in [6.07, 6.45) is 0. The molecule has 0 atom stereocenters. The molecule has 0 saturated heterocycles. The first-order valence-electron chi connectivity index (χ1n) is 6.16. The molecular formula is C16H11BrN2S. The zero-order valence-corrected chi connectivity index (χ0v) is 12.9. The molecule has 0 unspecified atom stereocenters. The third kappa shape index (κ3) is 2.71. The van der Waals surface area contributed by atoms with E-state index in [4.69, 9.17) is 12.2 Å². The highest BCUT2D eigenvalue weighted by Crippen LogP contribution is 2.27. The summed E-state index contributed by atoms with van der Waals surface area (Å²) in [5.41, 5.74) is 3.06. The molecule has 0 aliphatic carbocycles. The van der Waals surface area contributed by atoms with Gasteiger partial charge in [0, 0.05) is 15.7 Å². The largest absolute Gasteiger partial charge is 0.339 e. The summed E-state index contributed by atoms with van der Waals surface area (Å²) in [6.45, 7) is 0. The first kappa shape index (κ1) is 13.2. The second-order valence-corrected chi connectivity index (χ2v) is 5.60. The van der Waals surface area contributed by atoms with Crippen molar-refractivity contribution in [3.63, 3.8) is 0 Å². The van der Waals surface area contributed by atoms with Crippen LogP contribution in [0.2, 0.25) is 0 Å². The number of halogens is 1. The summed E-state index contributed by atoms with van der Waals surface area (Å²) in [7, 11) is 0. The zero-order chi connectivity index (χ0) is 13.9. The number of nitrogens with one attached hydrogen (secondary N) is 1. The number of nitrogens with zero attached hydrogens (tertiary/aromatic N) is 1. The lowest BCUT2D eigenvalue weighted by Gasteiger charge is -2.07. The van der Waals surface area contributed by atoms with Crippen molar-refractivity contribution in [3.8, 4) is 22.6 Å². The molecule has 20 heavy (non-hydrogen) atoms. The van der Waals surface area contributed by atoms with Crippen LogP contribution < -0.4 is 0 Å². The molecule has 0 aliphatic rings. The van der Waals surface area contributed by atoms with E-state index in [9.17, 15) is 0 Å². The predicted octanol–water partition coefficient (Wildman–Crippen LogP) is 5.24. The summed E-state index contributed by atoms with van der Waals surface area (Å²) in [5, 5.41) is 0. The molecule has 0 aliphatic heterocycles. The highest BCUT2D eigenvalue weighted by Gasteiger charge is 2.06. The molecular weight excluding hydrogens is 332 g/mol. The second-order valence-electron chi connectivity index (χ2n) is 4.33. The standard InChI is InChI=1S/C16H11BrN2S/c17-13-9-5-4-8-12(13)16-18-14(10-15(20)19-16)11-6-2-1-3-7-11/h1-10H,(H,18,19,20). The average molecular weight is 343 g/mol. The molecule has 0 radical (unpaired) electrons. The lowest BCUT2D eigenvalue weighted by molar-refractivity contribution is 1.16. The third-order valence-electron chi connectivity index (χ3n) is 2.96. The lowest BCUT2D eigenvalue weighted by Crippen LogP contribution is -1.93. The van der Waals surface area contributed by atoms with Crippen LogP contribution in [0, 0.1) is 4.64 Å². The SMILES string of the molecule is S=c1cc(-c2ccccc2)[nH]c(-c2ccccc2Br)n1. The number of rotatable bonds is 2. The quantitative estimate of drug-likeness (QED) is 0.645. The van der Waals surface area contributed by atoms with E-state index >= 15 is 0 Å². The minimum Gasteiger partial charge on any atom is -0.339 e.